The SMILES string of the molecule is CCC(F)(CN)Cc1cc(C)nn1C. The van der Waals surface area contributed by atoms with Gasteiger partial charge in [0.25, 0.3) is 0 Å². The van der Waals surface area contributed by atoms with Crippen molar-refractivity contribution in [2.75, 3.05) is 6.54 Å². The molecule has 0 amide bonds. The molecule has 14 heavy (non-hydrogen) atoms. The number of nitrogens with zero attached hydrogens (tertiary/aromatic N) is 2. The van der Waals surface area contributed by atoms with Crippen molar-refractivity contribution in [3.63, 3.8) is 0 Å². The quantitative estimate of drug-likeness (QED) is 0.795. The Hall–Kier alpha value is -0.900. The topological polar surface area (TPSA) is 43.8 Å². The lowest BCUT2D eigenvalue weighted by Gasteiger charge is -2.21. The number of halogens is 1. The number of aryl methyl sites for hydroxylation is 2. The van der Waals surface area contributed by atoms with Crippen molar-refractivity contribution in [3.05, 3.63) is 17.5 Å². The van der Waals surface area contributed by atoms with Crippen LogP contribution in [0.5, 0.6) is 0 Å². The highest BCUT2D eigenvalue weighted by Crippen LogP contribution is 2.20. The number of aromatic nitrogens is 2. The fourth-order valence-corrected chi connectivity index (χ4v) is 1.50. The summed E-state index contributed by atoms with van der Waals surface area (Å²) >= 11 is 0. The van der Waals surface area contributed by atoms with E-state index >= 15 is 0 Å². The van der Waals surface area contributed by atoms with E-state index in [0.717, 1.165) is 11.4 Å². The van der Waals surface area contributed by atoms with E-state index < -0.39 is 5.67 Å². The molecule has 0 radical (unpaired) electrons. The van der Waals surface area contributed by atoms with Crippen LogP contribution in [0.25, 0.3) is 0 Å². The summed E-state index contributed by atoms with van der Waals surface area (Å²) in [4.78, 5) is 0. The first-order valence-corrected chi connectivity index (χ1v) is 4.89. The molecule has 0 aromatic carbocycles. The predicted octanol–water partition coefficient (Wildman–Crippen LogP) is 1.35. The highest BCUT2D eigenvalue weighted by molar-refractivity contribution is 5.11. The molecule has 1 atom stereocenters. The molecule has 0 aliphatic heterocycles. The molecule has 4 heteroatoms. The zero-order valence-electron chi connectivity index (χ0n) is 9.05. The molecular formula is C10H18FN3. The van der Waals surface area contributed by atoms with Crippen LogP contribution in [-0.4, -0.2) is 22.0 Å². The van der Waals surface area contributed by atoms with Crippen LogP contribution in [0.2, 0.25) is 0 Å². The van der Waals surface area contributed by atoms with Crippen molar-refractivity contribution in [3.8, 4) is 0 Å². The van der Waals surface area contributed by atoms with Gasteiger partial charge in [0.2, 0.25) is 0 Å². The number of hydrogen-bond acceptors (Lipinski definition) is 2. The maximum absolute atomic E-state index is 14.0. The summed E-state index contributed by atoms with van der Waals surface area (Å²) in [5.41, 5.74) is 5.94. The maximum atomic E-state index is 14.0. The van der Waals surface area contributed by atoms with Crippen molar-refractivity contribution in [1.82, 2.24) is 9.78 Å². The van der Waals surface area contributed by atoms with Gasteiger partial charge in [-0.2, -0.15) is 5.10 Å². The smallest absolute Gasteiger partial charge is 0.128 e. The Morgan fingerprint density at radius 2 is 2.29 bits per heavy atom. The molecule has 0 fully saturated rings. The Morgan fingerprint density at radius 1 is 1.64 bits per heavy atom. The zero-order chi connectivity index (χ0) is 10.8. The molecule has 1 aromatic rings. The first kappa shape index (κ1) is 11.2. The standard InChI is InChI=1S/C10H18FN3/c1-4-10(11,7-12)6-9-5-8(2)13-14(9)3/h5H,4,6-7,12H2,1-3H3. The molecule has 3 nitrogen and oxygen atoms in total. The van der Waals surface area contributed by atoms with E-state index in [1.54, 1.807) is 4.68 Å². The second-order valence-electron chi connectivity index (χ2n) is 3.79. The fourth-order valence-electron chi connectivity index (χ4n) is 1.50. The molecule has 0 bridgehead atoms. The molecule has 2 N–H and O–H groups in total. The van der Waals surface area contributed by atoms with E-state index in [-0.39, 0.29) is 6.54 Å². The Kier molecular flexibility index (Phi) is 3.26. The molecular weight excluding hydrogens is 181 g/mol. The minimum atomic E-state index is -1.29. The normalized spacial score (nSPS) is 15.5. The van der Waals surface area contributed by atoms with Crippen LogP contribution in [0.3, 0.4) is 0 Å². The predicted molar refractivity (Wildman–Crippen MR) is 54.8 cm³/mol. The summed E-state index contributed by atoms with van der Waals surface area (Å²) in [6, 6.07) is 1.90. The summed E-state index contributed by atoms with van der Waals surface area (Å²) in [7, 11) is 1.83. The molecule has 1 aromatic heterocycles. The molecule has 0 saturated carbocycles. The molecule has 1 unspecified atom stereocenters. The van der Waals surface area contributed by atoms with E-state index in [2.05, 4.69) is 5.10 Å². The lowest BCUT2D eigenvalue weighted by Crippen LogP contribution is -2.35. The Bertz CT molecular complexity index is 302. The molecule has 0 spiro atoms. The molecule has 0 aliphatic carbocycles. The second kappa shape index (κ2) is 4.09. The number of nitrogens with two attached hydrogens (primary N) is 1. The Morgan fingerprint density at radius 3 is 2.64 bits per heavy atom. The van der Waals surface area contributed by atoms with Gasteiger partial charge in [0, 0.05) is 25.7 Å². The van der Waals surface area contributed by atoms with Gasteiger partial charge in [-0.25, -0.2) is 4.39 Å². The van der Waals surface area contributed by atoms with Gasteiger partial charge >= 0.3 is 0 Å². The molecule has 0 saturated heterocycles. The highest BCUT2D eigenvalue weighted by atomic mass is 19.1. The minimum absolute atomic E-state index is 0.0632. The van der Waals surface area contributed by atoms with Crippen LogP contribution < -0.4 is 5.73 Å². The van der Waals surface area contributed by atoms with E-state index in [1.807, 2.05) is 27.0 Å². The van der Waals surface area contributed by atoms with E-state index in [0.29, 0.717) is 12.8 Å². The van der Waals surface area contributed by atoms with Crippen LogP contribution in [0.1, 0.15) is 24.7 Å². The van der Waals surface area contributed by atoms with Gasteiger partial charge in [0.1, 0.15) is 5.67 Å². The molecule has 80 valence electrons. The monoisotopic (exact) mass is 199 g/mol. The van der Waals surface area contributed by atoms with Crippen molar-refractivity contribution < 1.29 is 4.39 Å². The van der Waals surface area contributed by atoms with E-state index in [9.17, 15) is 4.39 Å². The first-order valence-electron chi connectivity index (χ1n) is 4.89. The summed E-state index contributed by atoms with van der Waals surface area (Å²) in [6.45, 7) is 3.78. The van der Waals surface area contributed by atoms with E-state index in [4.69, 9.17) is 5.73 Å². The van der Waals surface area contributed by atoms with E-state index in [1.165, 1.54) is 0 Å². The van der Waals surface area contributed by atoms with Crippen LogP contribution in [-0.2, 0) is 13.5 Å². The third-order valence-electron chi connectivity index (χ3n) is 2.60. The Balaban J connectivity index is 2.81. The third-order valence-corrected chi connectivity index (χ3v) is 2.60. The summed E-state index contributed by atoms with van der Waals surface area (Å²) in [6.07, 6.45) is 0.783. The van der Waals surface area contributed by atoms with Gasteiger partial charge < -0.3 is 5.73 Å². The fraction of sp³-hybridized carbons (Fsp3) is 0.700. The summed E-state index contributed by atoms with van der Waals surface area (Å²) in [5, 5.41) is 4.17. The van der Waals surface area contributed by atoms with Crippen molar-refractivity contribution in [2.45, 2.75) is 32.4 Å². The molecule has 1 rings (SSSR count). The van der Waals surface area contributed by atoms with Gasteiger partial charge in [-0.3, -0.25) is 4.68 Å². The van der Waals surface area contributed by atoms with Crippen LogP contribution >= 0.6 is 0 Å². The lowest BCUT2D eigenvalue weighted by atomic mass is 9.97. The first-order chi connectivity index (χ1) is 6.50. The lowest BCUT2D eigenvalue weighted by molar-refractivity contribution is 0.164. The van der Waals surface area contributed by atoms with Gasteiger partial charge in [-0.1, -0.05) is 6.92 Å². The third kappa shape index (κ3) is 2.32. The maximum Gasteiger partial charge on any atom is 0.128 e. The molecule has 0 aliphatic rings. The number of hydrogen-bond donors (Lipinski definition) is 1. The number of alkyl halides is 1. The van der Waals surface area contributed by atoms with Gasteiger partial charge in [-0.05, 0) is 19.4 Å². The van der Waals surface area contributed by atoms with Crippen molar-refractivity contribution in [1.29, 1.82) is 0 Å². The van der Waals surface area contributed by atoms with Crippen molar-refractivity contribution >= 4 is 0 Å². The average molecular weight is 199 g/mol. The van der Waals surface area contributed by atoms with Crippen LogP contribution in [0, 0.1) is 6.92 Å². The average Bonchev–Trinajstić information content (AvgIpc) is 2.45. The van der Waals surface area contributed by atoms with Crippen LogP contribution in [0.4, 0.5) is 4.39 Å². The second-order valence-corrected chi connectivity index (χ2v) is 3.79. The van der Waals surface area contributed by atoms with Gasteiger partial charge in [-0.15, -0.1) is 0 Å². The van der Waals surface area contributed by atoms with Gasteiger partial charge in [0.05, 0.1) is 5.69 Å². The number of rotatable bonds is 4. The zero-order valence-corrected chi connectivity index (χ0v) is 9.05. The summed E-state index contributed by atoms with van der Waals surface area (Å²) < 4.78 is 15.7. The van der Waals surface area contributed by atoms with Crippen molar-refractivity contribution in [2.24, 2.45) is 12.8 Å². The minimum Gasteiger partial charge on any atom is -0.328 e. The highest BCUT2D eigenvalue weighted by Gasteiger charge is 2.27. The largest absolute Gasteiger partial charge is 0.328 e. The van der Waals surface area contributed by atoms with Crippen LogP contribution in [0.15, 0.2) is 6.07 Å². The summed E-state index contributed by atoms with van der Waals surface area (Å²) in [5.74, 6) is 0. The molecule has 1 heterocycles. The van der Waals surface area contributed by atoms with Gasteiger partial charge in [0.15, 0.2) is 0 Å². The Labute approximate surface area is 84.1 Å².